The van der Waals surface area contributed by atoms with Gasteiger partial charge in [0, 0.05) is 17.8 Å². The zero-order valence-electron chi connectivity index (χ0n) is 16.2. The minimum atomic E-state index is 0.256. The van der Waals surface area contributed by atoms with Gasteiger partial charge < -0.3 is 4.74 Å². The first-order valence-electron chi connectivity index (χ1n) is 10.6. The van der Waals surface area contributed by atoms with Gasteiger partial charge >= 0.3 is 0 Å². The summed E-state index contributed by atoms with van der Waals surface area (Å²) in [6.07, 6.45) is 16.7. The number of benzene rings is 1. The number of hydrogen-bond donors (Lipinski definition) is 0. The highest BCUT2D eigenvalue weighted by molar-refractivity contribution is 5.84. The molecule has 2 heteroatoms. The van der Waals surface area contributed by atoms with Crippen LogP contribution in [0.1, 0.15) is 102 Å². The van der Waals surface area contributed by atoms with Crippen LogP contribution in [0.15, 0.2) is 23.2 Å². The van der Waals surface area contributed by atoms with Crippen LogP contribution in [0.4, 0.5) is 0 Å². The molecule has 138 valence electrons. The second-order valence-electron chi connectivity index (χ2n) is 8.01. The highest BCUT2D eigenvalue weighted by Crippen LogP contribution is 2.39. The van der Waals surface area contributed by atoms with Crippen molar-refractivity contribution in [3.8, 4) is 5.75 Å². The van der Waals surface area contributed by atoms with Crippen molar-refractivity contribution < 1.29 is 4.74 Å². The lowest BCUT2D eigenvalue weighted by Crippen LogP contribution is -2.15. The maximum Gasteiger partial charge on any atom is 0.131 e. The Labute approximate surface area is 154 Å². The average molecular weight is 342 g/mol. The largest absolute Gasteiger partial charge is 0.490 e. The Balaban J connectivity index is 1.85. The molecule has 2 aliphatic carbocycles. The van der Waals surface area contributed by atoms with Crippen molar-refractivity contribution in [2.24, 2.45) is 4.99 Å². The first kappa shape index (κ1) is 18.5. The van der Waals surface area contributed by atoms with Gasteiger partial charge in [0.25, 0.3) is 0 Å². The summed E-state index contributed by atoms with van der Waals surface area (Å²) in [5.74, 6) is 1.78. The van der Waals surface area contributed by atoms with Gasteiger partial charge in [0.05, 0.1) is 6.10 Å². The van der Waals surface area contributed by atoms with Gasteiger partial charge in [-0.15, -0.1) is 0 Å². The lowest BCUT2D eigenvalue weighted by molar-refractivity contribution is 0.212. The topological polar surface area (TPSA) is 21.6 Å². The van der Waals surface area contributed by atoms with Gasteiger partial charge in [-0.25, -0.2) is 0 Å². The van der Waals surface area contributed by atoms with Crippen molar-refractivity contribution in [1.82, 2.24) is 0 Å². The SMILES string of the molecule is CCC(C)Oc1c(/C=N/C2CCCCC2)cccc1C1CCCCC1. The Morgan fingerprint density at radius 3 is 2.40 bits per heavy atom. The van der Waals surface area contributed by atoms with Crippen molar-refractivity contribution >= 4 is 6.21 Å². The number of hydrogen-bond acceptors (Lipinski definition) is 2. The van der Waals surface area contributed by atoms with Crippen LogP contribution in [-0.2, 0) is 0 Å². The highest BCUT2D eigenvalue weighted by Gasteiger charge is 2.22. The van der Waals surface area contributed by atoms with Crippen LogP contribution in [0.5, 0.6) is 5.75 Å². The first-order chi connectivity index (χ1) is 12.3. The molecule has 1 aromatic carbocycles. The summed E-state index contributed by atoms with van der Waals surface area (Å²) in [4.78, 5) is 4.93. The van der Waals surface area contributed by atoms with Crippen molar-refractivity contribution in [3.63, 3.8) is 0 Å². The van der Waals surface area contributed by atoms with E-state index in [1.807, 2.05) is 0 Å². The predicted octanol–water partition coefficient (Wildman–Crippen LogP) is 6.66. The monoisotopic (exact) mass is 341 g/mol. The van der Waals surface area contributed by atoms with E-state index in [9.17, 15) is 0 Å². The minimum absolute atomic E-state index is 0.256. The molecule has 0 saturated heterocycles. The van der Waals surface area contributed by atoms with E-state index in [-0.39, 0.29) is 6.10 Å². The van der Waals surface area contributed by atoms with Gasteiger partial charge in [0.1, 0.15) is 5.75 Å². The molecule has 2 saturated carbocycles. The van der Waals surface area contributed by atoms with Crippen LogP contribution in [0.25, 0.3) is 0 Å². The molecule has 2 aliphatic rings. The molecule has 2 fully saturated rings. The third-order valence-electron chi connectivity index (χ3n) is 6.01. The number of nitrogens with zero attached hydrogens (tertiary/aromatic N) is 1. The van der Waals surface area contributed by atoms with E-state index in [1.54, 1.807) is 0 Å². The van der Waals surface area contributed by atoms with Crippen molar-refractivity contribution in [2.75, 3.05) is 0 Å². The molecule has 3 rings (SSSR count). The molecule has 0 aromatic heterocycles. The Hall–Kier alpha value is -1.31. The fraction of sp³-hybridized carbons (Fsp3) is 0.696. The lowest BCUT2D eigenvalue weighted by Gasteiger charge is -2.26. The molecule has 0 aliphatic heterocycles. The Morgan fingerprint density at radius 1 is 1.04 bits per heavy atom. The Bertz CT molecular complexity index is 553. The molecule has 0 amide bonds. The van der Waals surface area contributed by atoms with Gasteiger partial charge in [0.15, 0.2) is 0 Å². The number of para-hydroxylation sites is 1. The van der Waals surface area contributed by atoms with E-state index in [0.717, 1.165) is 12.2 Å². The predicted molar refractivity (Wildman–Crippen MR) is 107 cm³/mol. The zero-order valence-corrected chi connectivity index (χ0v) is 16.2. The maximum absolute atomic E-state index is 6.43. The van der Waals surface area contributed by atoms with E-state index in [0.29, 0.717) is 12.0 Å². The second kappa shape index (κ2) is 9.40. The number of aliphatic imine (C=N–C) groups is 1. The summed E-state index contributed by atoms with van der Waals surface area (Å²) in [7, 11) is 0. The molecule has 2 nitrogen and oxygen atoms in total. The van der Waals surface area contributed by atoms with Crippen LogP contribution in [-0.4, -0.2) is 18.4 Å². The van der Waals surface area contributed by atoms with Gasteiger partial charge in [-0.3, -0.25) is 4.99 Å². The molecule has 0 N–H and O–H groups in total. The average Bonchev–Trinajstić information content (AvgIpc) is 2.68. The molecular weight excluding hydrogens is 306 g/mol. The van der Waals surface area contributed by atoms with Gasteiger partial charge in [-0.2, -0.15) is 0 Å². The summed E-state index contributed by atoms with van der Waals surface area (Å²) in [5.41, 5.74) is 2.61. The lowest BCUT2D eigenvalue weighted by atomic mass is 9.83. The maximum atomic E-state index is 6.43. The summed E-state index contributed by atoms with van der Waals surface area (Å²) < 4.78 is 6.43. The van der Waals surface area contributed by atoms with E-state index in [4.69, 9.17) is 9.73 Å². The fourth-order valence-electron chi connectivity index (χ4n) is 4.25. The van der Waals surface area contributed by atoms with Gasteiger partial charge in [-0.05, 0) is 56.6 Å². The van der Waals surface area contributed by atoms with Crippen LogP contribution >= 0.6 is 0 Å². The number of rotatable bonds is 6. The van der Waals surface area contributed by atoms with Crippen LogP contribution in [0, 0.1) is 0 Å². The number of ether oxygens (including phenoxy) is 1. The van der Waals surface area contributed by atoms with Crippen molar-refractivity contribution in [1.29, 1.82) is 0 Å². The molecule has 0 bridgehead atoms. The zero-order chi connectivity index (χ0) is 17.5. The van der Waals surface area contributed by atoms with Gasteiger partial charge in [-0.1, -0.05) is 57.6 Å². The summed E-state index contributed by atoms with van der Waals surface area (Å²) in [6.45, 7) is 4.38. The second-order valence-corrected chi connectivity index (χ2v) is 8.01. The summed E-state index contributed by atoms with van der Waals surface area (Å²) in [5, 5.41) is 0. The molecule has 1 atom stereocenters. The normalized spacial score (nSPS) is 21.5. The van der Waals surface area contributed by atoms with E-state index >= 15 is 0 Å². The molecule has 0 spiro atoms. The van der Waals surface area contributed by atoms with Crippen molar-refractivity contribution in [2.45, 2.75) is 103 Å². The molecule has 1 unspecified atom stereocenters. The molecule has 0 radical (unpaired) electrons. The van der Waals surface area contributed by atoms with E-state index in [2.05, 4.69) is 38.3 Å². The summed E-state index contributed by atoms with van der Waals surface area (Å²) in [6, 6.07) is 7.21. The van der Waals surface area contributed by atoms with E-state index < -0.39 is 0 Å². The van der Waals surface area contributed by atoms with E-state index in [1.165, 1.54) is 75.3 Å². The van der Waals surface area contributed by atoms with Crippen LogP contribution in [0.3, 0.4) is 0 Å². The fourth-order valence-corrected chi connectivity index (χ4v) is 4.25. The Kier molecular flexibility index (Phi) is 6.95. The highest BCUT2D eigenvalue weighted by atomic mass is 16.5. The Morgan fingerprint density at radius 2 is 1.72 bits per heavy atom. The standard InChI is InChI=1S/C23H35NO/c1-3-18(2)25-23-20(17-24-21-14-8-5-9-15-21)13-10-16-22(23)19-11-6-4-7-12-19/h10,13,16-19,21H,3-9,11-12,14-15H2,1-2H3/b24-17+. The quantitative estimate of drug-likeness (QED) is 0.530. The first-order valence-corrected chi connectivity index (χ1v) is 10.6. The third kappa shape index (κ3) is 5.09. The van der Waals surface area contributed by atoms with Crippen LogP contribution in [0.2, 0.25) is 0 Å². The molecule has 0 heterocycles. The molecule has 1 aromatic rings. The smallest absolute Gasteiger partial charge is 0.131 e. The summed E-state index contributed by atoms with van der Waals surface area (Å²) >= 11 is 0. The van der Waals surface area contributed by atoms with Crippen LogP contribution < -0.4 is 4.74 Å². The van der Waals surface area contributed by atoms with Gasteiger partial charge in [0.2, 0.25) is 0 Å². The molecular formula is C23H35NO. The molecule has 25 heavy (non-hydrogen) atoms. The third-order valence-corrected chi connectivity index (χ3v) is 6.01. The minimum Gasteiger partial charge on any atom is -0.490 e. The van der Waals surface area contributed by atoms with Crippen molar-refractivity contribution in [3.05, 3.63) is 29.3 Å².